The van der Waals surface area contributed by atoms with Gasteiger partial charge in [0, 0.05) is 37.3 Å². The minimum absolute atomic E-state index is 0.187. The summed E-state index contributed by atoms with van der Waals surface area (Å²) in [6.07, 6.45) is -1.38. The minimum atomic E-state index is -1.70. The fraction of sp³-hybridized carbons (Fsp3) is 0.350. The predicted molar refractivity (Wildman–Crippen MR) is 107 cm³/mol. The first kappa shape index (κ1) is 19.9. The number of nitrogens with one attached hydrogen (secondary N) is 1. The number of rotatable bonds is 5. The Morgan fingerprint density at radius 3 is 2.79 bits per heavy atom. The van der Waals surface area contributed by atoms with Crippen molar-refractivity contribution in [2.45, 2.75) is 31.7 Å². The first-order valence-electron chi connectivity index (χ1n) is 9.64. The van der Waals surface area contributed by atoms with Gasteiger partial charge in [0.2, 0.25) is 0 Å². The number of aliphatic hydroxyl groups is 2. The Morgan fingerprint density at radius 2 is 2.03 bits per heavy atom. The number of amides is 1. The molecule has 1 atom stereocenters. The van der Waals surface area contributed by atoms with Crippen molar-refractivity contribution in [1.29, 1.82) is 0 Å². The fourth-order valence-electron chi connectivity index (χ4n) is 3.97. The van der Waals surface area contributed by atoms with E-state index in [0.29, 0.717) is 24.1 Å². The maximum Gasteiger partial charge on any atom is 0.547 e. The smallest absolute Gasteiger partial charge is 0.534 e. The normalized spacial score (nSPS) is 18.4. The molecule has 152 valence electrons. The molecule has 29 heavy (non-hydrogen) atoms. The summed E-state index contributed by atoms with van der Waals surface area (Å²) in [6, 6.07) is 10.6. The van der Waals surface area contributed by atoms with Gasteiger partial charge >= 0.3 is 7.12 Å². The molecule has 1 amide bonds. The van der Waals surface area contributed by atoms with E-state index in [9.17, 15) is 20.0 Å². The second-order valence-corrected chi connectivity index (χ2v) is 7.48. The van der Waals surface area contributed by atoms with Crippen LogP contribution in [0.1, 0.15) is 38.9 Å². The number of fused-ring (bicyclic) bond motifs is 2. The highest BCUT2D eigenvalue weighted by Crippen LogP contribution is 2.33. The molecule has 0 saturated heterocycles. The van der Waals surface area contributed by atoms with E-state index in [0.717, 1.165) is 25.2 Å². The molecule has 0 fully saturated rings. The Morgan fingerprint density at radius 1 is 1.24 bits per heavy atom. The van der Waals surface area contributed by atoms with Gasteiger partial charge in [0.1, 0.15) is 5.75 Å². The molecule has 0 spiro atoms. The summed E-state index contributed by atoms with van der Waals surface area (Å²) in [5.74, 6) is -0.694. The minimum Gasteiger partial charge on any atom is -0.534 e. The van der Waals surface area contributed by atoms with Gasteiger partial charge < -0.3 is 30.9 Å². The van der Waals surface area contributed by atoms with Crippen LogP contribution in [0.5, 0.6) is 5.75 Å². The molecule has 2 heterocycles. The first-order chi connectivity index (χ1) is 14.0. The zero-order valence-electron chi connectivity index (χ0n) is 15.9. The lowest BCUT2D eigenvalue weighted by atomic mass is 9.72. The summed E-state index contributed by atoms with van der Waals surface area (Å²) in [7, 11) is -1.29. The third kappa shape index (κ3) is 4.00. The summed E-state index contributed by atoms with van der Waals surface area (Å²) < 4.78 is 5.49. The van der Waals surface area contributed by atoms with Gasteiger partial charge in [0.15, 0.2) is 6.29 Å². The summed E-state index contributed by atoms with van der Waals surface area (Å²) in [4.78, 5) is 15.0. The molecule has 2 aromatic rings. The van der Waals surface area contributed by atoms with E-state index >= 15 is 0 Å². The molecule has 2 aromatic carbocycles. The van der Waals surface area contributed by atoms with Crippen molar-refractivity contribution >= 4 is 13.0 Å². The molecule has 0 aliphatic carbocycles. The molecule has 0 aromatic heterocycles. The zero-order chi connectivity index (χ0) is 20.5. The van der Waals surface area contributed by atoms with Crippen molar-refractivity contribution in [2.75, 3.05) is 13.1 Å². The molecule has 0 bridgehead atoms. The molecule has 2 aliphatic heterocycles. The number of hydrogen-bond donors (Lipinski definition) is 5. The van der Waals surface area contributed by atoms with Crippen molar-refractivity contribution in [3.05, 3.63) is 64.2 Å². The van der Waals surface area contributed by atoms with Crippen LogP contribution in [-0.4, -0.2) is 52.2 Å². The second-order valence-electron chi connectivity index (χ2n) is 7.48. The molecule has 2 aliphatic rings. The van der Waals surface area contributed by atoms with Crippen LogP contribution in [-0.2, 0) is 19.5 Å². The number of carbonyl (C=O) groups is 1. The Bertz CT molecular complexity index is 923. The number of benzene rings is 2. The van der Waals surface area contributed by atoms with Gasteiger partial charge in [-0.15, -0.1) is 0 Å². The van der Waals surface area contributed by atoms with E-state index < -0.39 is 19.3 Å². The van der Waals surface area contributed by atoms with Crippen LogP contribution in [0.25, 0.3) is 0 Å². The van der Waals surface area contributed by atoms with Gasteiger partial charge in [-0.05, 0) is 35.2 Å². The Kier molecular flexibility index (Phi) is 5.57. The van der Waals surface area contributed by atoms with Crippen LogP contribution < -0.4 is 15.7 Å². The van der Waals surface area contributed by atoms with Gasteiger partial charge in [0.05, 0.1) is 5.94 Å². The number of hydrogen-bond acceptors (Lipinski definition) is 7. The number of carbonyl (C=O) groups excluding carboxylic acids is 1. The van der Waals surface area contributed by atoms with E-state index in [4.69, 9.17) is 10.4 Å². The largest absolute Gasteiger partial charge is 0.547 e. The van der Waals surface area contributed by atoms with E-state index in [2.05, 4.69) is 10.2 Å². The second kappa shape index (κ2) is 8.13. The summed E-state index contributed by atoms with van der Waals surface area (Å²) in [6.45, 7) is 3.01. The maximum atomic E-state index is 12.8. The first-order valence-corrected chi connectivity index (χ1v) is 9.64. The number of nitrogens with zero attached hydrogens (tertiary/aromatic N) is 1. The van der Waals surface area contributed by atoms with Gasteiger partial charge in [-0.3, -0.25) is 9.69 Å². The number of aliphatic hydroxyl groups excluding tert-OH is 1. The van der Waals surface area contributed by atoms with Crippen molar-refractivity contribution in [1.82, 2.24) is 10.2 Å². The monoisotopic (exact) mass is 397 g/mol. The van der Waals surface area contributed by atoms with Crippen LogP contribution in [0.15, 0.2) is 36.4 Å². The van der Waals surface area contributed by atoms with E-state index in [1.807, 2.05) is 12.1 Å². The third-order valence-electron chi connectivity index (χ3n) is 5.45. The van der Waals surface area contributed by atoms with Crippen LogP contribution in [0.2, 0.25) is 0 Å². The SMILES string of the molecule is NCCN1Cc2ccc(C(=O)N[C@H]3Cc4cccc(C(O)O)c4OB3O)cc2C1. The maximum absolute atomic E-state index is 12.8. The highest BCUT2D eigenvalue weighted by molar-refractivity contribution is 6.47. The van der Waals surface area contributed by atoms with E-state index in [1.54, 1.807) is 18.2 Å². The van der Waals surface area contributed by atoms with Gasteiger partial charge in [-0.1, -0.05) is 24.3 Å². The lowest BCUT2D eigenvalue weighted by molar-refractivity contribution is -0.0436. The fourth-order valence-corrected chi connectivity index (χ4v) is 3.97. The van der Waals surface area contributed by atoms with Crippen LogP contribution in [0.4, 0.5) is 0 Å². The molecule has 4 rings (SSSR count). The van der Waals surface area contributed by atoms with Crippen LogP contribution >= 0.6 is 0 Å². The molecule has 0 radical (unpaired) electrons. The molecular formula is C20H24BN3O5. The molecule has 6 N–H and O–H groups in total. The molecule has 0 unspecified atom stereocenters. The third-order valence-corrected chi connectivity index (χ3v) is 5.45. The molecule has 9 heteroatoms. The zero-order valence-corrected chi connectivity index (χ0v) is 15.9. The lowest BCUT2D eigenvalue weighted by Gasteiger charge is -2.29. The van der Waals surface area contributed by atoms with Crippen molar-refractivity contribution in [2.24, 2.45) is 5.73 Å². The Labute approximate surface area is 169 Å². The summed E-state index contributed by atoms with van der Waals surface area (Å²) in [5.41, 5.74) is 9.34. The van der Waals surface area contributed by atoms with E-state index in [1.165, 1.54) is 11.6 Å². The predicted octanol–water partition coefficient (Wildman–Crippen LogP) is -0.303. The lowest BCUT2D eigenvalue weighted by Crippen LogP contribution is -2.53. The quantitative estimate of drug-likeness (QED) is 0.346. The highest BCUT2D eigenvalue weighted by Gasteiger charge is 2.37. The average molecular weight is 397 g/mol. The van der Waals surface area contributed by atoms with Crippen molar-refractivity contribution in [3.8, 4) is 5.75 Å². The topological polar surface area (TPSA) is 128 Å². The highest BCUT2D eigenvalue weighted by atomic mass is 16.5. The number of nitrogens with two attached hydrogens (primary N) is 1. The summed E-state index contributed by atoms with van der Waals surface area (Å²) >= 11 is 0. The standard InChI is InChI=1S/C20H24BN3O5/c22-6-7-24-10-14-5-4-13(8-15(14)11-24)19(25)23-17-9-12-2-1-3-16(20(26)27)18(12)29-21(17)28/h1-5,8,17,20,26-28H,6-7,9-11,22H2,(H,23,25)/t17-/m0/s1. The molecule has 0 saturated carbocycles. The van der Waals surface area contributed by atoms with Gasteiger partial charge in [0.25, 0.3) is 5.91 Å². The van der Waals surface area contributed by atoms with Gasteiger partial charge in [-0.2, -0.15) is 0 Å². The molecular weight excluding hydrogens is 373 g/mol. The molecule has 8 nitrogen and oxygen atoms in total. The van der Waals surface area contributed by atoms with Crippen LogP contribution in [0.3, 0.4) is 0 Å². The Balaban J connectivity index is 1.47. The van der Waals surface area contributed by atoms with Crippen LogP contribution in [0, 0.1) is 0 Å². The van der Waals surface area contributed by atoms with Gasteiger partial charge in [-0.25, -0.2) is 0 Å². The summed E-state index contributed by atoms with van der Waals surface area (Å²) in [5, 5.41) is 32.1. The Hall–Kier alpha value is -2.43. The van der Waals surface area contributed by atoms with Crippen molar-refractivity contribution < 1.29 is 24.7 Å². The average Bonchev–Trinajstić information content (AvgIpc) is 3.09. The number of para-hydroxylation sites is 1. The van der Waals surface area contributed by atoms with E-state index in [-0.39, 0.29) is 17.2 Å². The van der Waals surface area contributed by atoms with Crippen molar-refractivity contribution in [3.63, 3.8) is 0 Å².